The van der Waals surface area contributed by atoms with Crippen LogP contribution in [0.4, 0.5) is 0 Å². The second-order valence-corrected chi connectivity index (χ2v) is 10.9. The van der Waals surface area contributed by atoms with Gasteiger partial charge in [0.15, 0.2) is 0 Å². The molecule has 0 aromatic carbocycles. The lowest BCUT2D eigenvalue weighted by molar-refractivity contribution is -0.236. The van der Waals surface area contributed by atoms with Crippen LogP contribution in [0.5, 0.6) is 0 Å². The van der Waals surface area contributed by atoms with Crippen LogP contribution >= 0.6 is 0 Å². The number of ether oxygens (including phenoxy) is 3. The molecule has 6 nitrogen and oxygen atoms in total. The topological polar surface area (TPSA) is 78.9 Å². The second kappa shape index (κ2) is 6.83. The van der Waals surface area contributed by atoms with Crippen molar-refractivity contribution in [3.63, 3.8) is 0 Å². The molecule has 166 valence electrons. The minimum absolute atomic E-state index is 0.0696. The van der Waals surface area contributed by atoms with E-state index in [1.807, 2.05) is 6.08 Å². The first-order chi connectivity index (χ1) is 13.9. The summed E-state index contributed by atoms with van der Waals surface area (Å²) in [5.74, 6) is -0.966. The van der Waals surface area contributed by atoms with Gasteiger partial charge in [-0.15, -0.1) is 0 Å². The summed E-state index contributed by atoms with van der Waals surface area (Å²) in [4.78, 5) is 36.7. The Bertz CT molecular complexity index is 813. The van der Waals surface area contributed by atoms with Gasteiger partial charge in [0.05, 0.1) is 6.61 Å². The molecule has 1 aliphatic heterocycles. The first kappa shape index (κ1) is 21.4. The van der Waals surface area contributed by atoms with Crippen molar-refractivity contribution in [2.24, 2.45) is 34.0 Å². The molecular weight excluding hydrogens is 384 g/mol. The van der Waals surface area contributed by atoms with Crippen molar-refractivity contribution in [3.8, 4) is 0 Å². The lowest BCUT2D eigenvalue weighted by Gasteiger charge is -2.67. The van der Waals surface area contributed by atoms with E-state index in [4.69, 9.17) is 14.2 Å². The number of carbonyl (C=O) groups is 3. The zero-order valence-electron chi connectivity index (χ0n) is 18.9. The molecule has 0 spiro atoms. The van der Waals surface area contributed by atoms with Gasteiger partial charge in [0.2, 0.25) is 0 Å². The zero-order valence-corrected chi connectivity index (χ0v) is 18.9. The standard InChI is InChI=1S/C24H34O6/c1-13(25)29-17-10-15-16(12-28-21(15)27)24(6)19(30-14(2)26)11-18-22(3,4)8-7-9-23(18,5)20(17)24/h10,16-20H,7-9,11-12H2,1-6H3. The van der Waals surface area contributed by atoms with Gasteiger partial charge in [-0.25, -0.2) is 4.79 Å². The number of cyclic esters (lactones) is 1. The van der Waals surface area contributed by atoms with Crippen LogP contribution in [-0.2, 0) is 28.6 Å². The highest BCUT2D eigenvalue weighted by Crippen LogP contribution is 2.69. The summed E-state index contributed by atoms with van der Waals surface area (Å²) in [6.07, 6.45) is 4.92. The van der Waals surface area contributed by atoms with Crippen LogP contribution in [0.3, 0.4) is 0 Å². The number of hydrogen-bond acceptors (Lipinski definition) is 6. The number of hydrogen-bond donors (Lipinski definition) is 0. The molecule has 4 rings (SSSR count). The molecule has 2 saturated carbocycles. The maximum absolute atomic E-state index is 12.5. The lowest BCUT2D eigenvalue weighted by Crippen LogP contribution is -2.67. The molecule has 7 unspecified atom stereocenters. The van der Waals surface area contributed by atoms with Gasteiger partial charge in [0.25, 0.3) is 0 Å². The van der Waals surface area contributed by atoms with Crippen molar-refractivity contribution in [1.82, 2.24) is 0 Å². The average molecular weight is 419 g/mol. The molecule has 6 heteroatoms. The fourth-order valence-electron chi connectivity index (χ4n) is 7.79. The first-order valence-corrected chi connectivity index (χ1v) is 11.1. The normalized spacial score (nSPS) is 44.0. The molecule has 0 radical (unpaired) electrons. The van der Waals surface area contributed by atoms with Gasteiger partial charge in [-0.3, -0.25) is 9.59 Å². The van der Waals surface area contributed by atoms with Gasteiger partial charge in [-0.2, -0.15) is 0 Å². The van der Waals surface area contributed by atoms with Crippen molar-refractivity contribution in [1.29, 1.82) is 0 Å². The van der Waals surface area contributed by atoms with Crippen LogP contribution in [0.15, 0.2) is 11.6 Å². The van der Waals surface area contributed by atoms with Gasteiger partial charge in [-0.05, 0) is 42.1 Å². The van der Waals surface area contributed by atoms with Crippen LogP contribution in [0.25, 0.3) is 0 Å². The quantitative estimate of drug-likeness (QED) is 0.501. The fourth-order valence-corrected chi connectivity index (χ4v) is 7.79. The van der Waals surface area contributed by atoms with Crippen molar-refractivity contribution < 1.29 is 28.6 Å². The first-order valence-electron chi connectivity index (χ1n) is 11.1. The number of fused-ring (bicyclic) bond motifs is 5. The van der Waals surface area contributed by atoms with Crippen LogP contribution in [-0.4, -0.2) is 36.7 Å². The van der Waals surface area contributed by atoms with Gasteiger partial charge >= 0.3 is 17.9 Å². The van der Waals surface area contributed by atoms with Crippen molar-refractivity contribution in [2.75, 3.05) is 6.61 Å². The molecule has 0 N–H and O–H groups in total. The summed E-state index contributed by atoms with van der Waals surface area (Å²) in [6, 6.07) is 0. The molecule has 3 aliphatic carbocycles. The van der Waals surface area contributed by atoms with Gasteiger partial charge in [0, 0.05) is 36.7 Å². The van der Waals surface area contributed by atoms with Crippen molar-refractivity contribution >= 4 is 17.9 Å². The molecular formula is C24H34O6. The Labute approximate surface area is 178 Å². The van der Waals surface area contributed by atoms with Crippen molar-refractivity contribution in [3.05, 3.63) is 11.6 Å². The van der Waals surface area contributed by atoms with Gasteiger partial charge in [0.1, 0.15) is 12.2 Å². The van der Waals surface area contributed by atoms with Crippen LogP contribution in [0.1, 0.15) is 67.2 Å². The van der Waals surface area contributed by atoms with E-state index in [9.17, 15) is 14.4 Å². The lowest BCUT2D eigenvalue weighted by atomic mass is 9.38. The molecule has 4 aliphatic rings. The third-order valence-electron chi connectivity index (χ3n) is 8.83. The highest BCUT2D eigenvalue weighted by atomic mass is 16.6. The smallest absolute Gasteiger partial charge is 0.334 e. The summed E-state index contributed by atoms with van der Waals surface area (Å²) in [5, 5.41) is 0. The Balaban J connectivity index is 1.92. The van der Waals surface area contributed by atoms with Crippen LogP contribution < -0.4 is 0 Å². The maximum Gasteiger partial charge on any atom is 0.334 e. The maximum atomic E-state index is 12.5. The Morgan fingerprint density at radius 2 is 1.73 bits per heavy atom. The van der Waals surface area contributed by atoms with Gasteiger partial charge < -0.3 is 14.2 Å². The average Bonchev–Trinajstić information content (AvgIpc) is 2.97. The van der Waals surface area contributed by atoms with E-state index in [0.29, 0.717) is 11.5 Å². The predicted octanol–water partition coefficient (Wildman–Crippen LogP) is 3.82. The predicted molar refractivity (Wildman–Crippen MR) is 109 cm³/mol. The molecule has 7 atom stereocenters. The van der Waals surface area contributed by atoms with Crippen LogP contribution in [0, 0.1) is 34.0 Å². The Kier molecular flexibility index (Phi) is 4.87. The third-order valence-corrected chi connectivity index (χ3v) is 8.83. The van der Waals surface area contributed by atoms with E-state index < -0.39 is 11.5 Å². The summed E-state index contributed by atoms with van der Waals surface area (Å²) >= 11 is 0. The van der Waals surface area contributed by atoms with E-state index >= 15 is 0 Å². The Morgan fingerprint density at radius 1 is 1.07 bits per heavy atom. The van der Waals surface area contributed by atoms with Crippen molar-refractivity contribution in [2.45, 2.75) is 79.4 Å². The summed E-state index contributed by atoms with van der Waals surface area (Å²) in [6.45, 7) is 12.2. The van der Waals surface area contributed by atoms with E-state index in [-0.39, 0.29) is 53.3 Å². The summed E-state index contributed by atoms with van der Waals surface area (Å²) in [5.41, 5.74) is -0.0181. The molecule has 30 heavy (non-hydrogen) atoms. The fraction of sp³-hybridized carbons (Fsp3) is 0.792. The van der Waals surface area contributed by atoms with E-state index in [1.165, 1.54) is 13.8 Å². The monoisotopic (exact) mass is 418 g/mol. The zero-order chi connectivity index (χ0) is 22.1. The molecule has 0 aromatic heterocycles. The molecule has 3 fully saturated rings. The van der Waals surface area contributed by atoms with Crippen LogP contribution in [0.2, 0.25) is 0 Å². The largest absolute Gasteiger partial charge is 0.462 e. The number of esters is 3. The molecule has 0 bridgehead atoms. The van der Waals surface area contributed by atoms with E-state index in [2.05, 4.69) is 27.7 Å². The molecule has 1 saturated heterocycles. The molecule has 0 amide bonds. The van der Waals surface area contributed by atoms with E-state index in [1.54, 1.807) is 0 Å². The third kappa shape index (κ3) is 2.93. The highest BCUT2D eigenvalue weighted by Gasteiger charge is 2.69. The minimum Gasteiger partial charge on any atom is -0.462 e. The SMILES string of the molecule is CC(=O)OC1C=C2C(=O)OCC2C2(C)C(OC(C)=O)CC3C(C)(C)CCCC3(C)C12. The number of rotatable bonds is 2. The Morgan fingerprint density at radius 3 is 2.37 bits per heavy atom. The van der Waals surface area contributed by atoms with Gasteiger partial charge in [-0.1, -0.05) is 34.1 Å². The highest BCUT2D eigenvalue weighted by molar-refractivity contribution is 5.92. The second-order valence-electron chi connectivity index (χ2n) is 10.9. The summed E-state index contributed by atoms with van der Waals surface area (Å²) < 4.78 is 17.3. The number of carbonyl (C=O) groups excluding carboxylic acids is 3. The molecule has 1 heterocycles. The summed E-state index contributed by atoms with van der Waals surface area (Å²) in [7, 11) is 0. The van der Waals surface area contributed by atoms with E-state index in [0.717, 1.165) is 25.7 Å². The Hall–Kier alpha value is -1.85. The molecule has 0 aromatic rings. The minimum atomic E-state index is -0.555.